The lowest BCUT2D eigenvalue weighted by Crippen LogP contribution is -2.63. The van der Waals surface area contributed by atoms with Gasteiger partial charge in [0.25, 0.3) is 0 Å². The highest BCUT2D eigenvalue weighted by molar-refractivity contribution is 5.95. The number of cyclic esters (lactones) is 1. The molecule has 0 bridgehead atoms. The highest BCUT2D eigenvalue weighted by Gasteiger charge is 2.69. The first-order chi connectivity index (χ1) is 17.1. The number of carbonyl (C=O) groups excluding carboxylic acids is 2. The highest BCUT2D eigenvalue weighted by Crippen LogP contribution is 2.68. The van der Waals surface area contributed by atoms with Gasteiger partial charge in [-0.15, -0.1) is 0 Å². The fraction of sp³-hybridized carbons (Fsp3) is 0.862. The van der Waals surface area contributed by atoms with Gasteiger partial charge >= 0.3 is 5.97 Å². The zero-order valence-corrected chi connectivity index (χ0v) is 22.7. The summed E-state index contributed by atoms with van der Waals surface area (Å²) in [5, 5.41) is 56.2. The third kappa shape index (κ3) is 3.65. The van der Waals surface area contributed by atoms with Crippen molar-refractivity contribution in [2.75, 3.05) is 0 Å². The second kappa shape index (κ2) is 8.59. The quantitative estimate of drug-likeness (QED) is 0.354. The Hall–Kier alpha value is -1.32. The Morgan fingerprint density at radius 3 is 2.41 bits per heavy atom. The summed E-state index contributed by atoms with van der Waals surface area (Å²) in [5.74, 6) is -1.88. The fourth-order valence-electron chi connectivity index (χ4n) is 9.39. The van der Waals surface area contributed by atoms with Crippen LogP contribution in [0.1, 0.15) is 79.6 Å². The minimum atomic E-state index is -1.52. The molecule has 4 aliphatic carbocycles. The van der Waals surface area contributed by atoms with Gasteiger partial charge in [0.2, 0.25) is 0 Å². The minimum Gasteiger partial charge on any atom is -0.462 e. The smallest absolute Gasteiger partial charge is 0.309 e. The predicted molar refractivity (Wildman–Crippen MR) is 134 cm³/mol. The average molecular weight is 521 g/mol. The van der Waals surface area contributed by atoms with Crippen molar-refractivity contribution in [2.24, 2.45) is 40.4 Å². The van der Waals surface area contributed by atoms with Crippen molar-refractivity contribution in [3.63, 3.8) is 0 Å². The van der Waals surface area contributed by atoms with Crippen molar-refractivity contribution >= 4 is 11.8 Å². The molecule has 5 aliphatic rings. The van der Waals surface area contributed by atoms with E-state index < -0.39 is 52.2 Å². The molecule has 8 nitrogen and oxygen atoms in total. The van der Waals surface area contributed by atoms with Gasteiger partial charge in [0.1, 0.15) is 6.10 Å². The molecule has 5 N–H and O–H groups in total. The van der Waals surface area contributed by atoms with Crippen molar-refractivity contribution in [1.82, 2.24) is 0 Å². The van der Waals surface area contributed by atoms with Crippen LogP contribution in [0.5, 0.6) is 0 Å². The molecule has 1 saturated heterocycles. The Morgan fingerprint density at radius 2 is 1.78 bits per heavy atom. The Labute approximate surface area is 219 Å². The molecule has 1 aliphatic heterocycles. The zero-order valence-electron chi connectivity index (χ0n) is 22.7. The maximum atomic E-state index is 13.3. The van der Waals surface area contributed by atoms with Crippen LogP contribution in [0.25, 0.3) is 0 Å². The Morgan fingerprint density at radius 1 is 1.11 bits per heavy atom. The molecule has 0 spiro atoms. The standard InChI is InChI=1S/C29H44O8/c1-14-16(15(2)37-25(14)34)10-24(33)28(5,35)23-7-9-29(36)18-11-20(30)19-12-21(31)22(32)13-26(19,3)17(18)6-8-27(23,29)4/h11,14-17,19,21-24,31-33,35-36H,6-10,12-13H2,1-5H3/t14-,15-,16-,17-,19-,21+,22-,23-,24-,26+,27+,28+,29+/m0/s1. The van der Waals surface area contributed by atoms with Crippen LogP contribution in [0.2, 0.25) is 0 Å². The van der Waals surface area contributed by atoms with Gasteiger partial charge in [0, 0.05) is 17.3 Å². The summed E-state index contributed by atoms with van der Waals surface area (Å²) in [4.78, 5) is 25.4. The first-order valence-electron chi connectivity index (χ1n) is 14.0. The molecule has 0 radical (unpaired) electrons. The van der Waals surface area contributed by atoms with E-state index in [2.05, 4.69) is 0 Å². The molecule has 0 aromatic heterocycles. The summed E-state index contributed by atoms with van der Waals surface area (Å²) in [6.45, 7) is 9.21. The number of aliphatic hydroxyl groups is 5. The van der Waals surface area contributed by atoms with Gasteiger partial charge in [-0.05, 0) is 87.7 Å². The fourth-order valence-corrected chi connectivity index (χ4v) is 9.39. The highest BCUT2D eigenvalue weighted by atomic mass is 16.6. The lowest BCUT2D eigenvalue weighted by atomic mass is 9.45. The number of hydrogen-bond acceptors (Lipinski definition) is 8. The van der Waals surface area contributed by atoms with E-state index in [1.165, 1.54) is 0 Å². The van der Waals surface area contributed by atoms with E-state index in [4.69, 9.17) is 4.74 Å². The maximum absolute atomic E-state index is 13.3. The maximum Gasteiger partial charge on any atom is 0.309 e. The van der Waals surface area contributed by atoms with Crippen LogP contribution in [-0.2, 0) is 14.3 Å². The van der Waals surface area contributed by atoms with Gasteiger partial charge in [-0.2, -0.15) is 0 Å². The Kier molecular flexibility index (Phi) is 6.33. The molecule has 208 valence electrons. The van der Waals surface area contributed by atoms with Crippen molar-refractivity contribution in [2.45, 2.75) is 115 Å². The average Bonchev–Trinajstić information content (AvgIpc) is 3.23. The molecule has 0 amide bonds. The van der Waals surface area contributed by atoms with Crippen LogP contribution in [0.15, 0.2) is 11.6 Å². The number of hydrogen-bond donors (Lipinski definition) is 5. The van der Waals surface area contributed by atoms with Gasteiger partial charge in [-0.25, -0.2) is 0 Å². The Bertz CT molecular complexity index is 1010. The molecule has 4 fully saturated rings. The molecule has 8 heteroatoms. The van der Waals surface area contributed by atoms with Crippen molar-refractivity contribution < 1.29 is 39.9 Å². The Balaban J connectivity index is 1.44. The lowest BCUT2D eigenvalue weighted by molar-refractivity contribution is -0.178. The van der Waals surface area contributed by atoms with E-state index in [0.717, 1.165) is 0 Å². The van der Waals surface area contributed by atoms with Crippen LogP contribution in [0, 0.1) is 40.4 Å². The number of allylic oxidation sites excluding steroid dienone is 1. The lowest BCUT2D eigenvalue weighted by Gasteiger charge is -2.60. The summed E-state index contributed by atoms with van der Waals surface area (Å²) in [6.07, 6.45) is 1.21. The third-order valence-electron chi connectivity index (χ3n) is 11.9. The van der Waals surface area contributed by atoms with E-state index in [-0.39, 0.29) is 48.5 Å². The molecule has 13 atom stereocenters. The minimum absolute atomic E-state index is 0.104. The van der Waals surface area contributed by atoms with E-state index in [1.54, 1.807) is 19.9 Å². The molecule has 1 heterocycles. The van der Waals surface area contributed by atoms with Gasteiger partial charge in [0.15, 0.2) is 5.78 Å². The summed E-state index contributed by atoms with van der Waals surface area (Å²) >= 11 is 0. The molecule has 3 saturated carbocycles. The van der Waals surface area contributed by atoms with Gasteiger partial charge in [-0.1, -0.05) is 20.8 Å². The third-order valence-corrected chi connectivity index (χ3v) is 11.9. The number of esters is 1. The van der Waals surface area contributed by atoms with E-state index in [0.29, 0.717) is 37.7 Å². The number of fused-ring (bicyclic) bond motifs is 5. The molecular weight excluding hydrogens is 476 g/mol. The summed E-state index contributed by atoms with van der Waals surface area (Å²) in [5.41, 5.74) is -3.47. The van der Waals surface area contributed by atoms with Crippen molar-refractivity contribution in [1.29, 1.82) is 0 Å². The van der Waals surface area contributed by atoms with E-state index in [9.17, 15) is 35.1 Å². The molecule has 5 rings (SSSR count). The molecule has 37 heavy (non-hydrogen) atoms. The van der Waals surface area contributed by atoms with Crippen LogP contribution in [0.3, 0.4) is 0 Å². The second-order valence-electron chi connectivity index (χ2n) is 13.7. The van der Waals surface area contributed by atoms with E-state index in [1.807, 2.05) is 20.8 Å². The zero-order chi connectivity index (χ0) is 27.3. The van der Waals surface area contributed by atoms with Crippen molar-refractivity contribution in [3.8, 4) is 0 Å². The number of ketones is 1. The molecule has 0 aromatic rings. The monoisotopic (exact) mass is 520 g/mol. The SMILES string of the molecule is C[C@@H]1OC(=O)[C@@H](C)[C@@H]1C[C@H](O)[C@](C)(O)[C@H]1CC[C@@]2(O)C3=CC(=O)[C@@H]4C[C@@H](O)[C@@H](O)C[C@]4(C)[C@H]3CC[C@]12C. The first kappa shape index (κ1) is 27.3. The number of aliphatic hydroxyl groups excluding tert-OH is 3. The van der Waals surface area contributed by atoms with E-state index >= 15 is 0 Å². The van der Waals surface area contributed by atoms with Gasteiger partial charge < -0.3 is 30.3 Å². The van der Waals surface area contributed by atoms with Gasteiger partial charge in [-0.3, -0.25) is 9.59 Å². The second-order valence-corrected chi connectivity index (χ2v) is 13.7. The predicted octanol–water partition coefficient (Wildman–Crippen LogP) is 1.89. The van der Waals surface area contributed by atoms with Crippen LogP contribution < -0.4 is 0 Å². The molecular formula is C29H44O8. The first-order valence-corrected chi connectivity index (χ1v) is 14.0. The van der Waals surface area contributed by atoms with Crippen LogP contribution in [-0.4, -0.2) is 72.9 Å². The van der Waals surface area contributed by atoms with Crippen molar-refractivity contribution in [3.05, 3.63) is 11.6 Å². The largest absolute Gasteiger partial charge is 0.462 e. The summed E-state index contributed by atoms with van der Waals surface area (Å²) in [6, 6.07) is 0. The van der Waals surface area contributed by atoms with Crippen LogP contribution >= 0.6 is 0 Å². The van der Waals surface area contributed by atoms with Crippen LogP contribution in [0.4, 0.5) is 0 Å². The normalized spacial score (nSPS) is 51.9. The number of rotatable bonds is 4. The number of ether oxygens (including phenoxy) is 1. The topological polar surface area (TPSA) is 145 Å². The van der Waals surface area contributed by atoms with Gasteiger partial charge in [0.05, 0.1) is 35.4 Å². The summed E-state index contributed by atoms with van der Waals surface area (Å²) in [7, 11) is 0. The summed E-state index contributed by atoms with van der Waals surface area (Å²) < 4.78 is 5.34. The molecule has 0 aromatic carbocycles. The molecule has 0 unspecified atom stereocenters. The number of carbonyl (C=O) groups is 2.